The van der Waals surface area contributed by atoms with Crippen molar-refractivity contribution in [1.82, 2.24) is 4.90 Å². The van der Waals surface area contributed by atoms with Crippen molar-refractivity contribution in [2.24, 2.45) is 0 Å². The van der Waals surface area contributed by atoms with E-state index in [-0.39, 0.29) is 0 Å². The van der Waals surface area contributed by atoms with Gasteiger partial charge < -0.3 is 10.0 Å². The second kappa shape index (κ2) is 5.09. The maximum atomic E-state index is 9.65. The molecule has 1 aliphatic carbocycles. The van der Waals surface area contributed by atoms with Crippen molar-refractivity contribution < 1.29 is 5.11 Å². The van der Waals surface area contributed by atoms with Crippen LogP contribution < -0.4 is 0 Å². The van der Waals surface area contributed by atoms with Crippen molar-refractivity contribution in [1.29, 1.82) is 0 Å². The Balaban J connectivity index is 2.21. The molecular formula is C15H23NO. The summed E-state index contributed by atoms with van der Waals surface area (Å²) < 4.78 is 0. The van der Waals surface area contributed by atoms with E-state index in [1.54, 1.807) is 6.07 Å². The lowest BCUT2D eigenvalue weighted by molar-refractivity contribution is 0.314. The Morgan fingerprint density at radius 1 is 1.24 bits per heavy atom. The van der Waals surface area contributed by atoms with E-state index in [1.807, 2.05) is 12.1 Å². The molecule has 0 saturated heterocycles. The fourth-order valence-electron chi connectivity index (χ4n) is 3.01. The van der Waals surface area contributed by atoms with E-state index in [4.69, 9.17) is 0 Å². The van der Waals surface area contributed by atoms with Gasteiger partial charge >= 0.3 is 0 Å². The zero-order chi connectivity index (χ0) is 12.3. The lowest BCUT2D eigenvalue weighted by atomic mass is 9.76. The third kappa shape index (κ3) is 2.81. The minimum absolute atomic E-state index is 0.309. The maximum Gasteiger partial charge on any atom is 0.115 e. The molecule has 0 aromatic heterocycles. The predicted octanol–water partition coefficient (Wildman–Crippen LogP) is 3.16. The molecule has 1 fully saturated rings. The summed E-state index contributed by atoms with van der Waals surface area (Å²) >= 11 is 0. The van der Waals surface area contributed by atoms with Gasteiger partial charge in [-0.25, -0.2) is 0 Å². The van der Waals surface area contributed by atoms with Gasteiger partial charge in [0, 0.05) is 0 Å². The second-order valence-corrected chi connectivity index (χ2v) is 5.59. The van der Waals surface area contributed by atoms with Crippen molar-refractivity contribution in [2.75, 3.05) is 20.6 Å². The van der Waals surface area contributed by atoms with E-state index in [0.29, 0.717) is 11.2 Å². The van der Waals surface area contributed by atoms with Gasteiger partial charge in [0.05, 0.1) is 0 Å². The van der Waals surface area contributed by atoms with E-state index in [1.165, 1.54) is 37.7 Å². The molecule has 1 aromatic carbocycles. The third-order valence-corrected chi connectivity index (χ3v) is 4.06. The summed E-state index contributed by atoms with van der Waals surface area (Å²) in [5.74, 6) is 0.402. The fraction of sp³-hybridized carbons (Fsp3) is 0.600. The van der Waals surface area contributed by atoms with Crippen LogP contribution in [0.4, 0.5) is 0 Å². The first-order chi connectivity index (χ1) is 8.12. The lowest BCUT2D eigenvalue weighted by Crippen LogP contribution is -2.28. The first kappa shape index (κ1) is 12.4. The van der Waals surface area contributed by atoms with Crippen LogP contribution >= 0.6 is 0 Å². The normalized spacial score (nSPS) is 18.8. The summed E-state index contributed by atoms with van der Waals surface area (Å²) in [4.78, 5) is 2.25. The minimum atomic E-state index is 0.309. The van der Waals surface area contributed by atoms with Crippen molar-refractivity contribution in [3.63, 3.8) is 0 Å². The van der Waals surface area contributed by atoms with Crippen LogP contribution in [0.3, 0.4) is 0 Å². The van der Waals surface area contributed by atoms with Crippen molar-refractivity contribution in [3.05, 3.63) is 29.8 Å². The number of hydrogen-bond donors (Lipinski definition) is 1. The van der Waals surface area contributed by atoms with Crippen LogP contribution in [0.25, 0.3) is 0 Å². The standard InChI is InChI=1S/C15H23NO/c1-16(2)11-10-15(8-3-4-9-15)13-6-5-7-14(17)12-13/h5-7,12,17H,3-4,8-11H2,1-2H3. The van der Waals surface area contributed by atoms with Gasteiger partial charge in [0.25, 0.3) is 0 Å². The summed E-state index contributed by atoms with van der Waals surface area (Å²) in [7, 11) is 4.26. The highest BCUT2D eigenvalue weighted by Gasteiger charge is 2.35. The first-order valence-electron chi connectivity index (χ1n) is 6.57. The van der Waals surface area contributed by atoms with Crippen LogP contribution in [-0.2, 0) is 5.41 Å². The average Bonchev–Trinajstić information content (AvgIpc) is 2.76. The Labute approximate surface area is 104 Å². The number of rotatable bonds is 4. The van der Waals surface area contributed by atoms with E-state index in [2.05, 4.69) is 25.1 Å². The van der Waals surface area contributed by atoms with Crippen LogP contribution in [0.2, 0.25) is 0 Å². The molecule has 0 amide bonds. The molecule has 1 saturated carbocycles. The van der Waals surface area contributed by atoms with Gasteiger partial charge in [0.2, 0.25) is 0 Å². The fourth-order valence-corrected chi connectivity index (χ4v) is 3.01. The van der Waals surface area contributed by atoms with E-state index >= 15 is 0 Å². The highest BCUT2D eigenvalue weighted by Crippen LogP contribution is 2.44. The van der Waals surface area contributed by atoms with Crippen LogP contribution in [0.5, 0.6) is 5.75 Å². The molecule has 0 radical (unpaired) electrons. The highest BCUT2D eigenvalue weighted by atomic mass is 16.3. The molecule has 17 heavy (non-hydrogen) atoms. The minimum Gasteiger partial charge on any atom is -0.508 e. The number of benzene rings is 1. The quantitative estimate of drug-likeness (QED) is 0.863. The Hall–Kier alpha value is -1.02. The van der Waals surface area contributed by atoms with Gasteiger partial charge in [-0.1, -0.05) is 25.0 Å². The molecule has 0 aliphatic heterocycles. The van der Waals surface area contributed by atoms with Gasteiger partial charge in [-0.2, -0.15) is 0 Å². The van der Waals surface area contributed by atoms with Gasteiger partial charge in [0.1, 0.15) is 5.75 Å². The summed E-state index contributed by atoms with van der Waals surface area (Å²) in [5.41, 5.74) is 1.64. The number of hydrogen-bond acceptors (Lipinski definition) is 2. The van der Waals surface area contributed by atoms with Crippen molar-refractivity contribution >= 4 is 0 Å². The average molecular weight is 233 g/mol. The smallest absolute Gasteiger partial charge is 0.115 e. The summed E-state index contributed by atoms with van der Waals surface area (Å²) in [6.07, 6.45) is 6.38. The maximum absolute atomic E-state index is 9.65. The molecule has 2 heteroatoms. The van der Waals surface area contributed by atoms with Gasteiger partial charge in [-0.15, -0.1) is 0 Å². The molecule has 0 heterocycles. The lowest BCUT2D eigenvalue weighted by Gasteiger charge is -2.31. The number of nitrogens with zero attached hydrogens (tertiary/aromatic N) is 1. The summed E-state index contributed by atoms with van der Waals surface area (Å²) in [5, 5.41) is 9.65. The molecule has 2 nitrogen and oxygen atoms in total. The topological polar surface area (TPSA) is 23.5 Å². The van der Waals surface area contributed by atoms with Gasteiger partial charge in [0.15, 0.2) is 0 Å². The molecule has 1 N–H and O–H groups in total. The Morgan fingerprint density at radius 2 is 1.94 bits per heavy atom. The molecular weight excluding hydrogens is 210 g/mol. The molecule has 0 atom stereocenters. The highest BCUT2D eigenvalue weighted by molar-refractivity contribution is 5.33. The second-order valence-electron chi connectivity index (χ2n) is 5.59. The van der Waals surface area contributed by atoms with Crippen LogP contribution in [0.1, 0.15) is 37.7 Å². The van der Waals surface area contributed by atoms with Crippen LogP contribution in [0.15, 0.2) is 24.3 Å². The molecule has 1 aliphatic rings. The summed E-state index contributed by atoms with van der Waals surface area (Å²) in [6, 6.07) is 7.88. The molecule has 1 aromatic rings. The molecule has 94 valence electrons. The van der Waals surface area contributed by atoms with Crippen LogP contribution in [0, 0.1) is 0 Å². The van der Waals surface area contributed by atoms with E-state index < -0.39 is 0 Å². The van der Waals surface area contributed by atoms with Crippen molar-refractivity contribution in [2.45, 2.75) is 37.5 Å². The van der Waals surface area contributed by atoms with Crippen LogP contribution in [-0.4, -0.2) is 30.6 Å². The van der Waals surface area contributed by atoms with E-state index in [0.717, 1.165) is 6.54 Å². The monoisotopic (exact) mass is 233 g/mol. The number of phenols is 1. The molecule has 0 spiro atoms. The summed E-state index contributed by atoms with van der Waals surface area (Å²) in [6.45, 7) is 1.12. The first-order valence-corrected chi connectivity index (χ1v) is 6.57. The number of phenolic OH excluding ortho intramolecular Hbond substituents is 1. The Kier molecular flexibility index (Phi) is 3.72. The molecule has 0 unspecified atom stereocenters. The SMILES string of the molecule is CN(C)CCC1(c2cccc(O)c2)CCCC1. The number of aromatic hydroxyl groups is 1. The van der Waals surface area contributed by atoms with Gasteiger partial charge in [-0.3, -0.25) is 0 Å². The Bertz CT molecular complexity index is 367. The third-order valence-electron chi connectivity index (χ3n) is 4.06. The predicted molar refractivity (Wildman–Crippen MR) is 71.4 cm³/mol. The van der Waals surface area contributed by atoms with Crippen molar-refractivity contribution in [3.8, 4) is 5.75 Å². The zero-order valence-electron chi connectivity index (χ0n) is 10.9. The zero-order valence-corrected chi connectivity index (χ0v) is 10.9. The molecule has 0 bridgehead atoms. The van der Waals surface area contributed by atoms with E-state index in [9.17, 15) is 5.11 Å². The van der Waals surface area contributed by atoms with Gasteiger partial charge in [-0.05, 0) is 63.0 Å². The molecule has 2 rings (SSSR count). The Morgan fingerprint density at radius 3 is 2.53 bits per heavy atom. The largest absolute Gasteiger partial charge is 0.508 e.